The average Bonchev–Trinajstić information content (AvgIpc) is 3.05. The molecule has 26 heavy (non-hydrogen) atoms. The van der Waals surface area contributed by atoms with E-state index in [9.17, 15) is 9.59 Å². The first-order chi connectivity index (χ1) is 12.4. The number of methoxy groups -OCH3 is 1. The lowest BCUT2D eigenvalue weighted by Gasteiger charge is -2.22. The summed E-state index contributed by atoms with van der Waals surface area (Å²) in [5, 5.41) is 3.04. The fourth-order valence-corrected chi connectivity index (χ4v) is 4.44. The number of carbonyl (C=O) groups excluding carboxylic acids is 2. The largest absolute Gasteiger partial charge is 0.497 e. The molecule has 3 rings (SSSR count). The highest BCUT2D eigenvalue weighted by molar-refractivity contribution is 7.14. The van der Waals surface area contributed by atoms with Gasteiger partial charge in [-0.25, -0.2) is 0 Å². The number of amides is 2. The number of hydrogen-bond donors (Lipinski definition) is 1. The highest BCUT2D eigenvalue weighted by Crippen LogP contribution is 2.33. The summed E-state index contributed by atoms with van der Waals surface area (Å²) < 4.78 is 5.21. The molecule has 1 atom stereocenters. The van der Waals surface area contributed by atoms with Crippen molar-refractivity contribution >= 4 is 28.8 Å². The van der Waals surface area contributed by atoms with Gasteiger partial charge in [0.15, 0.2) is 0 Å². The van der Waals surface area contributed by atoms with Gasteiger partial charge in [-0.15, -0.1) is 11.3 Å². The Morgan fingerprint density at radius 2 is 2.04 bits per heavy atom. The molecular weight excluding hydrogens is 348 g/mol. The number of hydrogen-bond acceptors (Lipinski definition) is 4. The smallest absolute Gasteiger partial charge is 0.263 e. The first-order valence-corrected chi connectivity index (χ1v) is 9.49. The van der Waals surface area contributed by atoms with E-state index in [2.05, 4.69) is 5.32 Å². The van der Waals surface area contributed by atoms with Crippen molar-refractivity contribution < 1.29 is 14.3 Å². The van der Waals surface area contributed by atoms with Gasteiger partial charge in [0.1, 0.15) is 5.75 Å². The third-order valence-electron chi connectivity index (χ3n) is 4.76. The molecule has 1 aromatic heterocycles. The summed E-state index contributed by atoms with van der Waals surface area (Å²) in [6.07, 6.45) is 2.35. The third kappa shape index (κ3) is 3.75. The summed E-state index contributed by atoms with van der Waals surface area (Å²) >= 11 is 1.56. The van der Waals surface area contributed by atoms with Crippen molar-refractivity contribution in [3.8, 4) is 5.75 Å². The highest BCUT2D eigenvalue weighted by atomic mass is 32.1. The Hall–Kier alpha value is -2.34. The summed E-state index contributed by atoms with van der Waals surface area (Å²) in [5.74, 6) is 0.773. The molecule has 2 aromatic rings. The SMILES string of the molecule is COc1ccc(NC(=O)[C@H]2CCc3sc(C(=O)N(C)C)cc3C2)c(C)c1. The Labute approximate surface area is 158 Å². The summed E-state index contributed by atoms with van der Waals surface area (Å²) in [7, 11) is 5.14. The van der Waals surface area contributed by atoms with Crippen LogP contribution in [0.4, 0.5) is 5.69 Å². The standard InChI is InChI=1S/C20H24N2O3S/c1-12-9-15(25-4)6-7-16(12)21-19(23)13-5-8-17-14(10-13)11-18(26-17)20(24)22(2)3/h6-7,9,11,13H,5,8,10H2,1-4H3,(H,21,23)/t13-/m0/s1. The van der Waals surface area contributed by atoms with Crippen molar-refractivity contribution in [1.29, 1.82) is 0 Å². The number of anilines is 1. The van der Waals surface area contributed by atoms with Crippen LogP contribution in [-0.4, -0.2) is 37.9 Å². The van der Waals surface area contributed by atoms with Gasteiger partial charge in [-0.05, 0) is 61.6 Å². The Morgan fingerprint density at radius 3 is 2.69 bits per heavy atom. The van der Waals surface area contributed by atoms with Gasteiger partial charge in [-0.2, -0.15) is 0 Å². The summed E-state index contributed by atoms with van der Waals surface area (Å²) in [4.78, 5) is 28.5. The minimum Gasteiger partial charge on any atom is -0.497 e. The Morgan fingerprint density at radius 1 is 1.27 bits per heavy atom. The van der Waals surface area contributed by atoms with Gasteiger partial charge in [-0.3, -0.25) is 9.59 Å². The van der Waals surface area contributed by atoms with Gasteiger partial charge in [0.2, 0.25) is 5.91 Å². The molecule has 1 N–H and O–H groups in total. The fraction of sp³-hybridized carbons (Fsp3) is 0.400. The molecule has 0 radical (unpaired) electrons. The summed E-state index contributed by atoms with van der Waals surface area (Å²) in [5.41, 5.74) is 2.93. The quantitative estimate of drug-likeness (QED) is 0.893. The number of aryl methyl sites for hydroxylation is 2. The zero-order valence-electron chi connectivity index (χ0n) is 15.6. The van der Waals surface area contributed by atoms with Crippen LogP contribution in [0, 0.1) is 12.8 Å². The second-order valence-electron chi connectivity index (χ2n) is 6.87. The van der Waals surface area contributed by atoms with Crippen LogP contribution in [0.3, 0.4) is 0 Å². The molecule has 0 unspecified atom stereocenters. The minimum atomic E-state index is -0.0686. The van der Waals surface area contributed by atoms with Gasteiger partial charge < -0.3 is 15.0 Å². The van der Waals surface area contributed by atoms with Crippen molar-refractivity contribution in [3.63, 3.8) is 0 Å². The van der Waals surface area contributed by atoms with Crippen molar-refractivity contribution in [2.75, 3.05) is 26.5 Å². The fourth-order valence-electron chi connectivity index (χ4n) is 3.21. The van der Waals surface area contributed by atoms with Crippen LogP contribution in [0.2, 0.25) is 0 Å². The molecular formula is C20H24N2O3S. The molecule has 5 nitrogen and oxygen atoms in total. The maximum Gasteiger partial charge on any atom is 0.263 e. The molecule has 0 aliphatic heterocycles. The molecule has 0 saturated carbocycles. The molecule has 0 fully saturated rings. The molecule has 1 aliphatic rings. The van der Waals surface area contributed by atoms with Crippen LogP contribution < -0.4 is 10.1 Å². The van der Waals surface area contributed by atoms with Gasteiger partial charge in [0.05, 0.1) is 12.0 Å². The summed E-state index contributed by atoms with van der Waals surface area (Å²) in [6, 6.07) is 7.59. The number of ether oxygens (including phenoxy) is 1. The Bertz CT molecular complexity index is 842. The van der Waals surface area contributed by atoms with Crippen LogP contribution in [0.5, 0.6) is 5.75 Å². The maximum atomic E-state index is 12.7. The Balaban J connectivity index is 1.70. The molecule has 0 bridgehead atoms. The predicted octanol–water partition coefficient (Wildman–Crippen LogP) is 3.51. The zero-order valence-corrected chi connectivity index (χ0v) is 16.4. The molecule has 1 aromatic carbocycles. The number of thiophene rings is 1. The number of rotatable bonds is 4. The second kappa shape index (κ2) is 7.50. The van der Waals surface area contributed by atoms with E-state index in [1.807, 2.05) is 31.2 Å². The van der Waals surface area contributed by atoms with Crippen LogP contribution in [0.25, 0.3) is 0 Å². The van der Waals surface area contributed by atoms with E-state index in [1.54, 1.807) is 37.4 Å². The monoisotopic (exact) mass is 372 g/mol. The van der Waals surface area contributed by atoms with Crippen molar-refractivity contribution in [3.05, 3.63) is 45.1 Å². The lowest BCUT2D eigenvalue weighted by Crippen LogP contribution is -2.27. The van der Waals surface area contributed by atoms with E-state index >= 15 is 0 Å². The molecule has 0 saturated heterocycles. The highest BCUT2D eigenvalue weighted by Gasteiger charge is 2.28. The number of nitrogens with one attached hydrogen (secondary N) is 1. The normalized spacial score (nSPS) is 15.9. The van der Waals surface area contributed by atoms with E-state index in [0.717, 1.165) is 40.3 Å². The van der Waals surface area contributed by atoms with Gasteiger partial charge in [-0.1, -0.05) is 0 Å². The van der Waals surface area contributed by atoms with E-state index in [4.69, 9.17) is 4.74 Å². The van der Waals surface area contributed by atoms with Crippen LogP contribution in [0.15, 0.2) is 24.3 Å². The average molecular weight is 372 g/mol. The topological polar surface area (TPSA) is 58.6 Å². The van der Waals surface area contributed by atoms with Crippen molar-refractivity contribution in [1.82, 2.24) is 4.90 Å². The van der Waals surface area contributed by atoms with E-state index in [-0.39, 0.29) is 17.7 Å². The molecule has 1 aliphatic carbocycles. The van der Waals surface area contributed by atoms with Gasteiger partial charge in [0, 0.05) is 30.6 Å². The van der Waals surface area contributed by atoms with Gasteiger partial charge >= 0.3 is 0 Å². The van der Waals surface area contributed by atoms with E-state index in [1.165, 1.54) is 4.88 Å². The summed E-state index contributed by atoms with van der Waals surface area (Å²) in [6.45, 7) is 1.95. The Kier molecular flexibility index (Phi) is 5.32. The minimum absolute atomic E-state index is 0.0271. The number of fused-ring (bicyclic) bond motifs is 1. The van der Waals surface area contributed by atoms with E-state index in [0.29, 0.717) is 6.42 Å². The maximum absolute atomic E-state index is 12.7. The molecule has 2 amide bonds. The van der Waals surface area contributed by atoms with Crippen LogP contribution in [0.1, 0.15) is 32.1 Å². The second-order valence-corrected chi connectivity index (χ2v) is 8.01. The molecule has 138 valence electrons. The zero-order chi connectivity index (χ0) is 18.8. The molecule has 1 heterocycles. The number of carbonyl (C=O) groups is 2. The van der Waals surface area contributed by atoms with Crippen LogP contribution in [-0.2, 0) is 17.6 Å². The third-order valence-corrected chi connectivity index (χ3v) is 5.99. The lowest BCUT2D eigenvalue weighted by atomic mass is 9.87. The molecule has 0 spiro atoms. The molecule has 6 heteroatoms. The predicted molar refractivity (Wildman–Crippen MR) is 104 cm³/mol. The first kappa shape index (κ1) is 18.5. The lowest BCUT2D eigenvalue weighted by molar-refractivity contribution is -0.120. The van der Waals surface area contributed by atoms with Crippen molar-refractivity contribution in [2.45, 2.75) is 26.2 Å². The number of nitrogens with zero attached hydrogens (tertiary/aromatic N) is 1. The first-order valence-electron chi connectivity index (χ1n) is 8.67. The van der Waals surface area contributed by atoms with Gasteiger partial charge in [0.25, 0.3) is 5.91 Å². The van der Waals surface area contributed by atoms with E-state index < -0.39 is 0 Å². The van der Waals surface area contributed by atoms with Crippen molar-refractivity contribution in [2.24, 2.45) is 5.92 Å². The van der Waals surface area contributed by atoms with Crippen LogP contribution >= 0.6 is 11.3 Å². The number of benzene rings is 1.